The number of aldehydes is 1. The maximum Gasteiger partial charge on any atom is 0.180 e. The average Bonchev–Trinajstić information content (AvgIpc) is 2.96. The zero-order valence-electron chi connectivity index (χ0n) is 8.05. The first-order chi connectivity index (χ1) is 7.29. The van der Waals surface area contributed by atoms with Gasteiger partial charge in [0.2, 0.25) is 0 Å². The van der Waals surface area contributed by atoms with Crippen molar-refractivity contribution in [1.82, 2.24) is 4.98 Å². The van der Waals surface area contributed by atoms with E-state index < -0.39 is 0 Å². The van der Waals surface area contributed by atoms with Gasteiger partial charge < -0.3 is 10.6 Å². The van der Waals surface area contributed by atoms with Crippen molar-refractivity contribution in [3.63, 3.8) is 0 Å². The molecule has 0 radical (unpaired) electrons. The Morgan fingerprint density at radius 2 is 2.60 bits per heavy atom. The lowest BCUT2D eigenvalue weighted by Crippen LogP contribution is -2.05. The molecule has 6 heteroatoms. The molecule has 80 valence electrons. The summed E-state index contributed by atoms with van der Waals surface area (Å²) < 4.78 is 0. The van der Waals surface area contributed by atoms with Crippen molar-refractivity contribution in [2.75, 3.05) is 12.3 Å². The molecular formula is C9H11N3O2S. The molecule has 1 saturated carbocycles. The van der Waals surface area contributed by atoms with Crippen molar-refractivity contribution < 1.29 is 9.63 Å². The molecule has 0 saturated heterocycles. The number of nitrogens with two attached hydrogens (primary N) is 1. The first-order valence-corrected chi connectivity index (χ1v) is 5.54. The molecule has 1 fully saturated rings. The van der Waals surface area contributed by atoms with Crippen LogP contribution < -0.4 is 5.73 Å². The SMILES string of the molecule is Nc1nc(/C(C=O)=N/OCC2CC2)cs1. The van der Waals surface area contributed by atoms with E-state index in [1.54, 1.807) is 5.38 Å². The number of anilines is 1. The van der Waals surface area contributed by atoms with E-state index in [4.69, 9.17) is 10.6 Å². The first kappa shape index (κ1) is 10.1. The smallest absolute Gasteiger partial charge is 0.180 e. The van der Waals surface area contributed by atoms with Crippen molar-refractivity contribution >= 4 is 28.5 Å². The van der Waals surface area contributed by atoms with E-state index in [0.717, 1.165) is 0 Å². The molecule has 1 heterocycles. The number of hydrogen-bond acceptors (Lipinski definition) is 6. The van der Waals surface area contributed by atoms with Crippen LogP contribution in [0.25, 0.3) is 0 Å². The van der Waals surface area contributed by atoms with E-state index in [9.17, 15) is 4.79 Å². The summed E-state index contributed by atoms with van der Waals surface area (Å²) in [7, 11) is 0. The van der Waals surface area contributed by atoms with Gasteiger partial charge >= 0.3 is 0 Å². The van der Waals surface area contributed by atoms with Crippen molar-refractivity contribution in [3.8, 4) is 0 Å². The van der Waals surface area contributed by atoms with Crippen molar-refractivity contribution in [2.24, 2.45) is 11.1 Å². The zero-order chi connectivity index (χ0) is 10.7. The lowest BCUT2D eigenvalue weighted by atomic mass is 10.3. The highest BCUT2D eigenvalue weighted by molar-refractivity contribution is 7.13. The molecule has 2 N–H and O–H groups in total. The minimum absolute atomic E-state index is 0.198. The largest absolute Gasteiger partial charge is 0.395 e. The molecule has 15 heavy (non-hydrogen) atoms. The Morgan fingerprint density at radius 1 is 1.80 bits per heavy atom. The third-order valence-electron chi connectivity index (χ3n) is 2.07. The molecular weight excluding hydrogens is 214 g/mol. The number of rotatable bonds is 5. The molecule has 0 unspecified atom stereocenters. The molecule has 0 atom stereocenters. The van der Waals surface area contributed by atoms with Crippen LogP contribution in [0.2, 0.25) is 0 Å². The third kappa shape index (κ3) is 2.76. The Balaban J connectivity index is 1.98. The van der Waals surface area contributed by atoms with Crippen LogP contribution in [-0.4, -0.2) is 23.6 Å². The van der Waals surface area contributed by atoms with Crippen molar-refractivity contribution in [3.05, 3.63) is 11.1 Å². The van der Waals surface area contributed by atoms with Crippen LogP contribution in [0.1, 0.15) is 18.5 Å². The summed E-state index contributed by atoms with van der Waals surface area (Å²) in [5.41, 5.74) is 6.13. The van der Waals surface area contributed by atoms with E-state index in [-0.39, 0.29) is 5.71 Å². The number of hydrogen-bond donors (Lipinski definition) is 1. The van der Waals surface area contributed by atoms with Crippen molar-refractivity contribution in [2.45, 2.75) is 12.8 Å². The summed E-state index contributed by atoms with van der Waals surface area (Å²) >= 11 is 1.27. The number of thiazole rings is 1. The van der Waals surface area contributed by atoms with Gasteiger partial charge in [0.25, 0.3) is 0 Å². The van der Waals surface area contributed by atoms with Gasteiger partial charge in [-0.3, -0.25) is 4.79 Å². The van der Waals surface area contributed by atoms with Crippen LogP contribution in [0.3, 0.4) is 0 Å². The molecule has 1 aliphatic carbocycles. The van der Waals surface area contributed by atoms with Crippen LogP contribution >= 0.6 is 11.3 Å². The topological polar surface area (TPSA) is 77.6 Å². The molecule has 0 aliphatic heterocycles. The summed E-state index contributed by atoms with van der Waals surface area (Å²) in [6.45, 7) is 0.580. The van der Waals surface area contributed by atoms with E-state index >= 15 is 0 Å². The van der Waals surface area contributed by atoms with Gasteiger partial charge in [0, 0.05) is 5.38 Å². The van der Waals surface area contributed by atoms with E-state index in [0.29, 0.717) is 29.6 Å². The molecule has 5 nitrogen and oxygen atoms in total. The number of carbonyl (C=O) groups excluding carboxylic acids is 1. The standard InChI is InChI=1S/C9H11N3O2S/c10-9-11-8(5-15-9)7(3-13)12-14-4-6-1-2-6/h3,5-6H,1-2,4H2,(H2,10,11)/b12-7+. The lowest BCUT2D eigenvalue weighted by Gasteiger charge is -1.97. The molecule has 1 aromatic heterocycles. The second-order valence-electron chi connectivity index (χ2n) is 3.40. The predicted molar refractivity (Wildman–Crippen MR) is 57.8 cm³/mol. The maximum atomic E-state index is 10.7. The van der Waals surface area contributed by atoms with Gasteiger partial charge in [-0.05, 0) is 18.8 Å². The fourth-order valence-electron chi connectivity index (χ4n) is 1.03. The molecule has 0 aromatic carbocycles. The summed E-state index contributed by atoms with van der Waals surface area (Å²) in [6.07, 6.45) is 3.01. The van der Waals surface area contributed by atoms with Gasteiger partial charge in [0.1, 0.15) is 12.3 Å². The summed E-state index contributed by atoms with van der Waals surface area (Å²) in [4.78, 5) is 19.7. The fraction of sp³-hybridized carbons (Fsp3) is 0.444. The summed E-state index contributed by atoms with van der Waals surface area (Å²) in [6, 6.07) is 0. The lowest BCUT2D eigenvalue weighted by molar-refractivity contribution is -0.102. The molecule has 0 bridgehead atoms. The molecule has 2 rings (SSSR count). The Kier molecular flexibility index (Phi) is 2.96. The van der Waals surface area contributed by atoms with Gasteiger partial charge in [0.05, 0.1) is 0 Å². The molecule has 1 aromatic rings. The second kappa shape index (κ2) is 4.39. The highest BCUT2D eigenvalue weighted by Gasteiger charge is 2.22. The third-order valence-corrected chi connectivity index (χ3v) is 2.74. The summed E-state index contributed by atoms with van der Waals surface area (Å²) in [5.74, 6) is 0.613. The Hall–Kier alpha value is -1.43. The minimum Gasteiger partial charge on any atom is -0.395 e. The van der Waals surface area contributed by atoms with Gasteiger partial charge in [-0.15, -0.1) is 11.3 Å². The normalized spacial score (nSPS) is 16.4. The number of aromatic nitrogens is 1. The molecule has 1 aliphatic rings. The van der Waals surface area contributed by atoms with Crippen LogP contribution in [0, 0.1) is 5.92 Å². The molecule has 0 spiro atoms. The second-order valence-corrected chi connectivity index (χ2v) is 4.29. The average molecular weight is 225 g/mol. The number of oxime groups is 1. The van der Waals surface area contributed by atoms with Crippen molar-refractivity contribution in [1.29, 1.82) is 0 Å². The van der Waals surface area contributed by atoms with Crippen LogP contribution in [0.4, 0.5) is 5.13 Å². The van der Waals surface area contributed by atoms with E-state index in [1.165, 1.54) is 24.2 Å². The van der Waals surface area contributed by atoms with Crippen LogP contribution in [0.5, 0.6) is 0 Å². The van der Waals surface area contributed by atoms with Crippen LogP contribution in [0.15, 0.2) is 10.5 Å². The number of carbonyl (C=O) groups is 1. The Morgan fingerprint density at radius 3 is 3.13 bits per heavy atom. The van der Waals surface area contributed by atoms with Gasteiger partial charge in [0.15, 0.2) is 17.1 Å². The van der Waals surface area contributed by atoms with Crippen LogP contribution in [-0.2, 0) is 9.63 Å². The fourth-order valence-corrected chi connectivity index (χ4v) is 1.59. The van der Waals surface area contributed by atoms with Gasteiger partial charge in [-0.25, -0.2) is 4.98 Å². The Bertz CT molecular complexity index is 384. The first-order valence-electron chi connectivity index (χ1n) is 4.66. The van der Waals surface area contributed by atoms with E-state index in [1.807, 2.05) is 0 Å². The maximum absolute atomic E-state index is 10.7. The zero-order valence-corrected chi connectivity index (χ0v) is 8.87. The molecule has 0 amide bonds. The minimum atomic E-state index is 0.198. The van der Waals surface area contributed by atoms with Gasteiger partial charge in [-0.1, -0.05) is 5.16 Å². The van der Waals surface area contributed by atoms with Gasteiger partial charge in [-0.2, -0.15) is 0 Å². The Labute approximate surface area is 90.9 Å². The predicted octanol–water partition coefficient (Wildman–Crippen LogP) is 1.05. The summed E-state index contributed by atoms with van der Waals surface area (Å²) in [5, 5.41) is 5.85. The highest BCUT2D eigenvalue weighted by Crippen LogP contribution is 2.28. The highest BCUT2D eigenvalue weighted by atomic mass is 32.1. The number of nitrogen functional groups attached to an aromatic ring is 1. The number of nitrogens with zero attached hydrogens (tertiary/aromatic N) is 2. The monoisotopic (exact) mass is 225 g/mol. The van der Waals surface area contributed by atoms with E-state index in [2.05, 4.69) is 10.1 Å². The quantitative estimate of drug-likeness (QED) is 0.461.